The van der Waals surface area contributed by atoms with E-state index in [1.165, 1.54) is 16.9 Å². The highest BCUT2D eigenvalue weighted by Crippen LogP contribution is 2.22. The molecule has 2 aromatic heterocycles. The van der Waals surface area contributed by atoms with Crippen LogP contribution in [0.3, 0.4) is 0 Å². The molecule has 2 aromatic rings. The zero-order valence-corrected chi connectivity index (χ0v) is 11.9. The van der Waals surface area contributed by atoms with Crippen molar-refractivity contribution in [2.45, 2.75) is 13.0 Å². The zero-order chi connectivity index (χ0) is 14.5. The van der Waals surface area contributed by atoms with Crippen molar-refractivity contribution in [1.82, 2.24) is 20.0 Å². The third-order valence-corrected chi connectivity index (χ3v) is 2.85. The van der Waals surface area contributed by atoms with Gasteiger partial charge in [0.1, 0.15) is 6.54 Å². The van der Waals surface area contributed by atoms with E-state index in [-0.39, 0.29) is 23.3 Å². The van der Waals surface area contributed by atoms with Crippen LogP contribution in [-0.2, 0) is 17.8 Å². The Kier molecular flexibility index (Phi) is 4.89. The highest BCUT2D eigenvalue weighted by molar-refractivity contribution is 6.36. The Morgan fingerprint density at radius 1 is 1.45 bits per heavy atom. The van der Waals surface area contributed by atoms with Gasteiger partial charge >= 0.3 is 0 Å². The fourth-order valence-corrected chi connectivity index (χ4v) is 1.93. The smallest absolute Gasteiger partial charge is 0.247 e. The molecule has 7 nitrogen and oxygen atoms in total. The number of anilines is 1. The van der Waals surface area contributed by atoms with Crippen molar-refractivity contribution in [1.29, 1.82) is 0 Å². The van der Waals surface area contributed by atoms with Gasteiger partial charge in [-0.3, -0.25) is 4.79 Å². The molecule has 0 aliphatic carbocycles. The number of hydrogen-bond donors (Lipinski definition) is 2. The summed E-state index contributed by atoms with van der Waals surface area (Å²) in [5, 5.41) is 11.0. The molecular formula is C11H12Cl2N6O. The Hall–Kier alpha value is -1.70. The zero-order valence-electron chi connectivity index (χ0n) is 10.4. The predicted octanol–water partition coefficient (Wildman–Crippen LogP) is 1.12. The van der Waals surface area contributed by atoms with Gasteiger partial charge in [-0.1, -0.05) is 28.4 Å². The largest absolute Gasteiger partial charge is 0.330 e. The molecule has 0 radical (unpaired) electrons. The van der Waals surface area contributed by atoms with Gasteiger partial charge in [-0.05, 0) is 12.6 Å². The Bertz CT molecular complexity index is 615. The first-order chi connectivity index (χ1) is 9.58. The Morgan fingerprint density at radius 3 is 2.95 bits per heavy atom. The minimum atomic E-state index is -0.314. The molecule has 1 amide bonds. The average molecular weight is 315 g/mol. The third kappa shape index (κ3) is 3.89. The Balaban J connectivity index is 1.97. The monoisotopic (exact) mass is 314 g/mol. The van der Waals surface area contributed by atoms with E-state index >= 15 is 0 Å². The molecule has 2 heterocycles. The average Bonchev–Trinajstić information content (AvgIpc) is 2.81. The van der Waals surface area contributed by atoms with Gasteiger partial charge in [-0.2, -0.15) is 0 Å². The lowest BCUT2D eigenvalue weighted by Gasteiger charge is -2.06. The maximum atomic E-state index is 11.8. The van der Waals surface area contributed by atoms with E-state index in [0.717, 1.165) is 5.69 Å². The lowest BCUT2D eigenvalue weighted by atomic mass is 10.3. The summed E-state index contributed by atoms with van der Waals surface area (Å²) in [4.78, 5) is 15.8. The number of pyridine rings is 1. The van der Waals surface area contributed by atoms with Gasteiger partial charge in [0.25, 0.3) is 0 Å². The molecule has 0 atom stereocenters. The van der Waals surface area contributed by atoms with E-state index in [1.807, 2.05) is 0 Å². The molecule has 0 aliphatic rings. The van der Waals surface area contributed by atoms with Crippen LogP contribution in [0.2, 0.25) is 10.0 Å². The van der Waals surface area contributed by atoms with Crippen LogP contribution in [0.4, 0.5) is 5.82 Å². The van der Waals surface area contributed by atoms with Gasteiger partial charge in [-0.25, -0.2) is 9.67 Å². The van der Waals surface area contributed by atoms with Gasteiger partial charge < -0.3 is 11.1 Å². The summed E-state index contributed by atoms with van der Waals surface area (Å²) in [6, 6.07) is 1.50. The SMILES string of the molecule is NCCc1cn(CC(=O)Nc2ncc(Cl)cc2Cl)nn1. The molecule has 3 N–H and O–H groups in total. The van der Waals surface area contributed by atoms with E-state index in [1.54, 1.807) is 6.20 Å². The van der Waals surface area contributed by atoms with Gasteiger partial charge in [0.2, 0.25) is 5.91 Å². The predicted molar refractivity (Wildman–Crippen MR) is 75.7 cm³/mol. The number of rotatable bonds is 5. The van der Waals surface area contributed by atoms with E-state index in [0.29, 0.717) is 18.0 Å². The van der Waals surface area contributed by atoms with Crippen LogP contribution in [-0.4, -0.2) is 32.4 Å². The van der Waals surface area contributed by atoms with Crippen molar-refractivity contribution >= 4 is 34.9 Å². The Labute approximate surface area is 125 Å². The molecule has 0 bridgehead atoms. The maximum Gasteiger partial charge on any atom is 0.247 e. The molecule has 0 saturated carbocycles. The number of amides is 1. The molecular weight excluding hydrogens is 303 g/mol. The van der Waals surface area contributed by atoms with Crippen LogP contribution in [0.15, 0.2) is 18.5 Å². The summed E-state index contributed by atoms with van der Waals surface area (Å²) in [5.74, 6) is -0.0608. The van der Waals surface area contributed by atoms with E-state index in [9.17, 15) is 4.79 Å². The van der Waals surface area contributed by atoms with Crippen molar-refractivity contribution in [3.63, 3.8) is 0 Å². The second-order valence-electron chi connectivity index (χ2n) is 3.98. The van der Waals surface area contributed by atoms with Crippen molar-refractivity contribution < 1.29 is 4.79 Å². The fraction of sp³-hybridized carbons (Fsp3) is 0.273. The van der Waals surface area contributed by atoms with Crippen LogP contribution >= 0.6 is 23.2 Å². The summed E-state index contributed by atoms with van der Waals surface area (Å²) in [7, 11) is 0. The second-order valence-corrected chi connectivity index (χ2v) is 4.82. The standard InChI is InChI=1S/C11H12Cl2N6O/c12-7-3-9(13)11(15-4-7)16-10(20)6-19-5-8(1-2-14)17-18-19/h3-5H,1-2,6,14H2,(H,15,16,20). The lowest BCUT2D eigenvalue weighted by Crippen LogP contribution is -2.20. The van der Waals surface area contributed by atoms with Gasteiger partial charge in [0.05, 0.1) is 15.7 Å². The number of aromatic nitrogens is 4. The topological polar surface area (TPSA) is 98.7 Å². The van der Waals surface area contributed by atoms with E-state index in [2.05, 4.69) is 20.6 Å². The quantitative estimate of drug-likeness (QED) is 0.861. The second kappa shape index (κ2) is 6.65. The molecule has 20 heavy (non-hydrogen) atoms. The lowest BCUT2D eigenvalue weighted by molar-refractivity contribution is -0.116. The Morgan fingerprint density at radius 2 is 2.25 bits per heavy atom. The minimum Gasteiger partial charge on any atom is -0.330 e. The molecule has 0 saturated heterocycles. The third-order valence-electron chi connectivity index (χ3n) is 2.36. The van der Waals surface area contributed by atoms with Gasteiger partial charge in [0.15, 0.2) is 5.82 Å². The van der Waals surface area contributed by atoms with Crippen molar-refractivity contribution in [3.8, 4) is 0 Å². The number of carbonyl (C=O) groups is 1. The van der Waals surface area contributed by atoms with Crippen LogP contribution in [0.5, 0.6) is 0 Å². The highest BCUT2D eigenvalue weighted by Gasteiger charge is 2.09. The molecule has 0 spiro atoms. The number of nitrogens with two attached hydrogens (primary N) is 1. The molecule has 0 unspecified atom stereocenters. The van der Waals surface area contributed by atoms with Gasteiger partial charge in [0, 0.05) is 18.8 Å². The van der Waals surface area contributed by atoms with Crippen LogP contribution < -0.4 is 11.1 Å². The first-order valence-corrected chi connectivity index (χ1v) is 6.54. The molecule has 0 aromatic carbocycles. The normalized spacial score (nSPS) is 10.6. The number of nitrogens with one attached hydrogen (secondary N) is 1. The fourth-order valence-electron chi connectivity index (χ4n) is 1.50. The van der Waals surface area contributed by atoms with E-state index < -0.39 is 0 Å². The first-order valence-electron chi connectivity index (χ1n) is 5.78. The highest BCUT2D eigenvalue weighted by atomic mass is 35.5. The molecule has 0 aliphatic heterocycles. The molecule has 106 valence electrons. The van der Waals surface area contributed by atoms with Crippen molar-refractivity contribution in [3.05, 3.63) is 34.2 Å². The summed E-state index contributed by atoms with van der Waals surface area (Å²) in [5.41, 5.74) is 6.15. The molecule has 2 rings (SSSR count). The maximum absolute atomic E-state index is 11.8. The van der Waals surface area contributed by atoms with Crippen molar-refractivity contribution in [2.75, 3.05) is 11.9 Å². The summed E-state index contributed by atoms with van der Waals surface area (Å²) >= 11 is 11.6. The summed E-state index contributed by atoms with van der Waals surface area (Å²) < 4.78 is 1.42. The van der Waals surface area contributed by atoms with Crippen LogP contribution in [0, 0.1) is 0 Å². The number of carbonyl (C=O) groups excluding carboxylic acids is 1. The summed E-state index contributed by atoms with van der Waals surface area (Å²) in [6.45, 7) is 0.493. The van der Waals surface area contributed by atoms with E-state index in [4.69, 9.17) is 28.9 Å². The van der Waals surface area contributed by atoms with Crippen LogP contribution in [0.25, 0.3) is 0 Å². The molecule has 0 fully saturated rings. The number of hydrogen-bond acceptors (Lipinski definition) is 5. The molecule has 9 heteroatoms. The number of nitrogens with zero attached hydrogens (tertiary/aromatic N) is 4. The summed E-state index contributed by atoms with van der Waals surface area (Å²) in [6.07, 6.45) is 3.69. The van der Waals surface area contributed by atoms with Crippen LogP contribution in [0.1, 0.15) is 5.69 Å². The first kappa shape index (κ1) is 14.7. The number of halogens is 2. The van der Waals surface area contributed by atoms with Crippen molar-refractivity contribution in [2.24, 2.45) is 5.73 Å². The van der Waals surface area contributed by atoms with Gasteiger partial charge in [-0.15, -0.1) is 5.10 Å². The minimum absolute atomic E-state index is 0.0121.